The van der Waals surface area contributed by atoms with Gasteiger partial charge in [-0.25, -0.2) is 0 Å². The summed E-state index contributed by atoms with van der Waals surface area (Å²) >= 11 is 0. The van der Waals surface area contributed by atoms with Gasteiger partial charge in [0, 0.05) is 25.5 Å². The van der Waals surface area contributed by atoms with Gasteiger partial charge in [-0.1, -0.05) is 11.2 Å². The van der Waals surface area contributed by atoms with E-state index in [1.165, 1.54) is 12.4 Å². The molecule has 0 fully saturated rings. The predicted octanol–water partition coefficient (Wildman–Crippen LogP) is 0.444. The van der Waals surface area contributed by atoms with Crippen molar-refractivity contribution in [1.82, 2.24) is 20.6 Å². The lowest BCUT2D eigenvalue weighted by Crippen LogP contribution is -2.35. The zero-order valence-electron chi connectivity index (χ0n) is 12.1. The molecule has 8 nitrogen and oxygen atoms in total. The zero-order valence-corrected chi connectivity index (χ0v) is 12.1. The average Bonchev–Trinajstić information content (AvgIpc) is 2.60. The van der Waals surface area contributed by atoms with Gasteiger partial charge in [-0.2, -0.15) is 0 Å². The molecule has 2 aromatic heterocycles. The molecular formula is C15H15N5O3. The van der Waals surface area contributed by atoms with E-state index in [0.717, 1.165) is 6.21 Å². The quantitative estimate of drug-likeness (QED) is 0.310. The molecule has 0 spiro atoms. The Kier molecular flexibility index (Phi) is 5.75. The minimum atomic E-state index is -0.308. The summed E-state index contributed by atoms with van der Waals surface area (Å²) in [4.78, 5) is 31.5. The topological polar surface area (TPSA) is 117 Å². The maximum atomic E-state index is 11.9. The van der Waals surface area contributed by atoms with Gasteiger partial charge >= 0.3 is 0 Å². The van der Waals surface area contributed by atoms with E-state index >= 15 is 0 Å². The van der Waals surface area contributed by atoms with Crippen LogP contribution in [0.15, 0.2) is 47.9 Å². The van der Waals surface area contributed by atoms with Gasteiger partial charge in [0.1, 0.15) is 5.69 Å². The van der Waals surface area contributed by atoms with E-state index in [0.29, 0.717) is 17.0 Å². The van der Waals surface area contributed by atoms with E-state index in [-0.39, 0.29) is 24.9 Å². The SMILES string of the molecule is O=C(NCCNC(=O)c1ccccn1)c1ccc(/C=N/O)nc1. The highest BCUT2D eigenvalue weighted by molar-refractivity contribution is 5.94. The summed E-state index contributed by atoms with van der Waals surface area (Å²) in [6, 6.07) is 8.17. The van der Waals surface area contributed by atoms with E-state index in [1.807, 2.05) is 0 Å². The highest BCUT2D eigenvalue weighted by Gasteiger charge is 2.07. The summed E-state index contributed by atoms with van der Waals surface area (Å²) in [5.74, 6) is -0.605. The Morgan fingerprint density at radius 2 is 1.87 bits per heavy atom. The molecule has 2 heterocycles. The third-order valence-electron chi connectivity index (χ3n) is 2.83. The van der Waals surface area contributed by atoms with Gasteiger partial charge in [-0.3, -0.25) is 19.6 Å². The molecule has 0 aliphatic heterocycles. The number of rotatable bonds is 6. The van der Waals surface area contributed by atoms with Crippen LogP contribution in [0.4, 0.5) is 0 Å². The third-order valence-corrected chi connectivity index (χ3v) is 2.83. The smallest absolute Gasteiger partial charge is 0.269 e. The zero-order chi connectivity index (χ0) is 16.5. The van der Waals surface area contributed by atoms with Crippen molar-refractivity contribution in [3.05, 3.63) is 59.7 Å². The van der Waals surface area contributed by atoms with E-state index in [4.69, 9.17) is 5.21 Å². The van der Waals surface area contributed by atoms with Crippen LogP contribution in [0.1, 0.15) is 26.5 Å². The van der Waals surface area contributed by atoms with Crippen LogP contribution in [0, 0.1) is 0 Å². The number of nitrogens with one attached hydrogen (secondary N) is 2. The van der Waals surface area contributed by atoms with Gasteiger partial charge in [0.25, 0.3) is 11.8 Å². The summed E-state index contributed by atoms with van der Waals surface area (Å²) in [5.41, 5.74) is 1.13. The maximum absolute atomic E-state index is 11.9. The van der Waals surface area contributed by atoms with Crippen LogP contribution in [-0.4, -0.2) is 46.3 Å². The Morgan fingerprint density at radius 1 is 1.09 bits per heavy atom. The first-order valence-electron chi connectivity index (χ1n) is 6.81. The number of nitrogens with zero attached hydrogens (tertiary/aromatic N) is 3. The number of carbonyl (C=O) groups excluding carboxylic acids is 2. The van der Waals surface area contributed by atoms with Crippen LogP contribution in [0.5, 0.6) is 0 Å². The van der Waals surface area contributed by atoms with Crippen LogP contribution >= 0.6 is 0 Å². The number of hydrogen-bond donors (Lipinski definition) is 3. The molecule has 23 heavy (non-hydrogen) atoms. The summed E-state index contributed by atoms with van der Waals surface area (Å²) in [6.45, 7) is 0.557. The van der Waals surface area contributed by atoms with Gasteiger partial charge in [-0.05, 0) is 24.3 Å². The lowest BCUT2D eigenvalue weighted by atomic mass is 10.2. The van der Waals surface area contributed by atoms with Gasteiger partial charge < -0.3 is 15.8 Å². The third kappa shape index (κ3) is 4.88. The van der Waals surface area contributed by atoms with Crippen LogP contribution in [0.2, 0.25) is 0 Å². The number of oxime groups is 1. The number of pyridine rings is 2. The molecule has 0 bridgehead atoms. The fraction of sp³-hybridized carbons (Fsp3) is 0.133. The van der Waals surface area contributed by atoms with Crippen molar-refractivity contribution >= 4 is 18.0 Å². The Labute approximate surface area is 132 Å². The molecular weight excluding hydrogens is 298 g/mol. The summed E-state index contributed by atoms with van der Waals surface area (Å²) in [5, 5.41) is 16.5. The predicted molar refractivity (Wildman–Crippen MR) is 82.5 cm³/mol. The molecule has 0 unspecified atom stereocenters. The molecule has 0 aromatic carbocycles. The van der Waals surface area contributed by atoms with E-state index in [1.54, 1.807) is 30.3 Å². The molecule has 118 valence electrons. The summed E-state index contributed by atoms with van der Waals surface area (Å²) in [6.07, 6.45) is 4.07. The molecule has 8 heteroatoms. The lowest BCUT2D eigenvalue weighted by Gasteiger charge is -2.07. The van der Waals surface area contributed by atoms with Crippen LogP contribution in [0.25, 0.3) is 0 Å². The highest BCUT2D eigenvalue weighted by Crippen LogP contribution is 1.98. The minimum absolute atomic E-state index is 0.275. The molecule has 3 N–H and O–H groups in total. The molecule has 0 atom stereocenters. The van der Waals surface area contributed by atoms with E-state index < -0.39 is 0 Å². The average molecular weight is 313 g/mol. The van der Waals surface area contributed by atoms with Gasteiger partial charge in [0.2, 0.25) is 0 Å². The highest BCUT2D eigenvalue weighted by atomic mass is 16.4. The van der Waals surface area contributed by atoms with Crippen molar-refractivity contribution in [1.29, 1.82) is 0 Å². The molecule has 0 aliphatic rings. The van der Waals surface area contributed by atoms with Crippen LogP contribution < -0.4 is 10.6 Å². The fourth-order valence-corrected chi connectivity index (χ4v) is 1.72. The van der Waals surface area contributed by atoms with Crippen molar-refractivity contribution in [2.45, 2.75) is 0 Å². The normalized spacial score (nSPS) is 10.4. The molecule has 2 amide bonds. The number of aromatic nitrogens is 2. The first-order valence-corrected chi connectivity index (χ1v) is 6.81. The van der Waals surface area contributed by atoms with E-state index in [9.17, 15) is 9.59 Å². The number of hydrogen-bond acceptors (Lipinski definition) is 6. The molecule has 0 saturated heterocycles. The summed E-state index contributed by atoms with van der Waals surface area (Å²) in [7, 11) is 0. The Balaban J connectivity index is 1.75. The maximum Gasteiger partial charge on any atom is 0.269 e. The standard InChI is InChI=1S/C15H15N5O3/c21-14(11-4-5-12(10-20-23)19-9-11)17-7-8-18-15(22)13-3-1-2-6-16-13/h1-6,9-10,23H,7-8H2,(H,17,21)(H,18,22)/b20-10+. The second-order valence-corrected chi connectivity index (χ2v) is 4.44. The second kappa shape index (κ2) is 8.23. The van der Waals surface area contributed by atoms with Crippen molar-refractivity contribution in [3.8, 4) is 0 Å². The Bertz CT molecular complexity index is 686. The number of amides is 2. The second-order valence-electron chi connectivity index (χ2n) is 4.44. The first-order chi connectivity index (χ1) is 11.2. The van der Waals surface area contributed by atoms with Crippen molar-refractivity contribution in [2.24, 2.45) is 5.16 Å². The van der Waals surface area contributed by atoms with Crippen molar-refractivity contribution in [3.63, 3.8) is 0 Å². The van der Waals surface area contributed by atoms with Gasteiger partial charge in [0.05, 0.1) is 17.5 Å². The monoisotopic (exact) mass is 313 g/mol. The fourth-order valence-electron chi connectivity index (χ4n) is 1.72. The Morgan fingerprint density at radius 3 is 2.48 bits per heavy atom. The Hall–Kier alpha value is -3.29. The van der Waals surface area contributed by atoms with Crippen molar-refractivity contribution < 1.29 is 14.8 Å². The minimum Gasteiger partial charge on any atom is -0.411 e. The number of carbonyl (C=O) groups is 2. The van der Waals surface area contributed by atoms with Crippen LogP contribution in [0.3, 0.4) is 0 Å². The molecule has 0 radical (unpaired) electrons. The largest absolute Gasteiger partial charge is 0.411 e. The molecule has 0 aliphatic carbocycles. The van der Waals surface area contributed by atoms with Crippen LogP contribution in [-0.2, 0) is 0 Å². The molecule has 2 aromatic rings. The van der Waals surface area contributed by atoms with Crippen molar-refractivity contribution in [2.75, 3.05) is 13.1 Å². The van der Waals surface area contributed by atoms with Gasteiger partial charge in [0.15, 0.2) is 0 Å². The molecule has 2 rings (SSSR count). The van der Waals surface area contributed by atoms with E-state index in [2.05, 4.69) is 25.8 Å². The molecule has 0 saturated carbocycles. The van der Waals surface area contributed by atoms with Gasteiger partial charge in [-0.15, -0.1) is 0 Å². The summed E-state index contributed by atoms with van der Waals surface area (Å²) < 4.78 is 0. The first kappa shape index (κ1) is 16.1. The lowest BCUT2D eigenvalue weighted by molar-refractivity contribution is 0.0925.